The van der Waals surface area contributed by atoms with Crippen LogP contribution in [0, 0.1) is 6.92 Å². The summed E-state index contributed by atoms with van der Waals surface area (Å²) in [5.41, 5.74) is 1.22. The molecule has 0 saturated carbocycles. The minimum absolute atomic E-state index is 0.132. The van der Waals surface area contributed by atoms with Crippen LogP contribution in [0.1, 0.15) is 19.4 Å². The molecule has 0 aliphatic heterocycles. The molecule has 0 saturated heterocycles. The fourth-order valence-corrected chi connectivity index (χ4v) is 1.62. The van der Waals surface area contributed by atoms with Gasteiger partial charge in [-0.1, -0.05) is 29.8 Å². The second-order valence-electron chi connectivity index (χ2n) is 4.53. The average Bonchev–Trinajstić information content (AvgIpc) is 2.34. The van der Waals surface area contributed by atoms with Crippen LogP contribution in [-0.2, 0) is 0 Å². The van der Waals surface area contributed by atoms with E-state index in [1.165, 1.54) is 5.56 Å². The predicted octanol–water partition coefficient (Wildman–Crippen LogP) is 4.57. The van der Waals surface area contributed by atoms with Crippen molar-refractivity contribution in [1.29, 1.82) is 0 Å². The molecule has 0 atom stereocenters. The van der Waals surface area contributed by atoms with E-state index in [-0.39, 0.29) is 6.10 Å². The first-order chi connectivity index (χ1) is 8.65. The summed E-state index contributed by atoms with van der Waals surface area (Å²) in [6.07, 6.45) is 0.132. The summed E-state index contributed by atoms with van der Waals surface area (Å²) in [4.78, 5) is 0. The van der Waals surface area contributed by atoms with Crippen molar-refractivity contribution in [3.8, 4) is 17.2 Å². The third-order valence-corrected chi connectivity index (χ3v) is 2.46. The van der Waals surface area contributed by atoms with Gasteiger partial charge >= 0.3 is 0 Å². The van der Waals surface area contributed by atoms with E-state index < -0.39 is 0 Å². The molecule has 94 valence electrons. The van der Waals surface area contributed by atoms with E-state index in [0.29, 0.717) is 0 Å². The smallest absolute Gasteiger partial charge is 0.169 e. The number of rotatable bonds is 4. The van der Waals surface area contributed by atoms with E-state index in [1.54, 1.807) is 0 Å². The van der Waals surface area contributed by atoms with Crippen LogP contribution in [-0.4, -0.2) is 6.10 Å². The van der Waals surface area contributed by atoms with Gasteiger partial charge in [-0.05, 0) is 45.0 Å². The lowest BCUT2D eigenvalue weighted by Crippen LogP contribution is -2.06. The molecule has 2 rings (SSSR count). The number of aryl methyl sites for hydroxylation is 1. The highest BCUT2D eigenvalue weighted by molar-refractivity contribution is 5.43. The maximum absolute atomic E-state index is 5.84. The van der Waals surface area contributed by atoms with E-state index in [9.17, 15) is 0 Å². The van der Waals surface area contributed by atoms with E-state index in [4.69, 9.17) is 9.47 Å². The maximum Gasteiger partial charge on any atom is 0.169 e. The van der Waals surface area contributed by atoms with Crippen molar-refractivity contribution < 1.29 is 9.47 Å². The van der Waals surface area contributed by atoms with Crippen LogP contribution in [0.2, 0.25) is 0 Å². The number of para-hydroxylation sites is 2. The third-order valence-electron chi connectivity index (χ3n) is 2.46. The Labute approximate surface area is 108 Å². The Morgan fingerprint density at radius 1 is 0.833 bits per heavy atom. The fourth-order valence-electron chi connectivity index (χ4n) is 1.62. The van der Waals surface area contributed by atoms with Gasteiger partial charge in [0.15, 0.2) is 11.5 Å². The van der Waals surface area contributed by atoms with Crippen molar-refractivity contribution in [2.45, 2.75) is 26.9 Å². The summed E-state index contributed by atoms with van der Waals surface area (Å²) >= 11 is 0. The molecule has 0 aliphatic rings. The molecule has 0 aromatic heterocycles. The quantitative estimate of drug-likeness (QED) is 0.781. The molecule has 2 aromatic rings. The zero-order chi connectivity index (χ0) is 13.0. The largest absolute Gasteiger partial charge is 0.487 e. The first-order valence-electron chi connectivity index (χ1n) is 6.15. The highest BCUT2D eigenvalue weighted by atomic mass is 16.5. The molecule has 2 aromatic carbocycles. The molecule has 18 heavy (non-hydrogen) atoms. The molecule has 0 amide bonds. The molecule has 0 bridgehead atoms. The van der Waals surface area contributed by atoms with Gasteiger partial charge < -0.3 is 9.47 Å². The molecule has 0 spiro atoms. The highest BCUT2D eigenvalue weighted by Gasteiger charge is 2.06. The van der Waals surface area contributed by atoms with E-state index in [0.717, 1.165) is 17.2 Å². The fraction of sp³-hybridized carbons (Fsp3) is 0.250. The molecular formula is C16H18O2. The maximum atomic E-state index is 5.84. The van der Waals surface area contributed by atoms with Crippen LogP contribution in [0.25, 0.3) is 0 Å². The van der Waals surface area contributed by atoms with E-state index in [1.807, 2.05) is 62.4 Å². The van der Waals surface area contributed by atoms with Crippen LogP contribution in [0.4, 0.5) is 0 Å². The Bertz CT molecular complexity index is 501. The Morgan fingerprint density at radius 3 is 2.06 bits per heavy atom. The minimum atomic E-state index is 0.132. The summed E-state index contributed by atoms with van der Waals surface area (Å²) in [7, 11) is 0. The summed E-state index contributed by atoms with van der Waals surface area (Å²) in [6, 6.07) is 15.7. The zero-order valence-corrected chi connectivity index (χ0v) is 11.0. The van der Waals surface area contributed by atoms with Gasteiger partial charge in [0.05, 0.1) is 6.10 Å². The molecule has 0 radical (unpaired) electrons. The Hall–Kier alpha value is -1.96. The van der Waals surface area contributed by atoms with Gasteiger partial charge in [0.25, 0.3) is 0 Å². The number of ether oxygens (including phenoxy) is 2. The zero-order valence-electron chi connectivity index (χ0n) is 11.0. The SMILES string of the molecule is Cc1ccc(Oc2ccccc2OC(C)C)cc1. The van der Waals surface area contributed by atoms with Crippen LogP contribution in [0.5, 0.6) is 17.2 Å². The minimum Gasteiger partial charge on any atom is -0.487 e. The van der Waals surface area contributed by atoms with Gasteiger partial charge in [-0.15, -0.1) is 0 Å². The van der Waals surface area contributed by atoms with E-state index in [2.05, 4.69) is 6.92 Å². The lowest BCUT2D eigenvalue weighted by molar-refractivity contribution is 0.233. The molecule has 0 N–H and O–H groups in total. The summed E-state index contributed by atoms with van der Waals surface area (Å²) in [6.45, 7) is 6.06. The van der Waals surface area contributed by atoms with Crippen LogP contribution in [0.3, 0.4) is 0 Å². The van der Waals surface area contributed by atoms with Gasteiger partial charge in [0.1, 0.15) is 5.75 Å². The summed E-state index contributed by atoms with van der Waals surface area (Å²) in [5, 5.41) is 0. The topological polar surface area (TPSA) is 18.5 Å². The molecule has 0 unspecified atom stereocenters. The number of benzene rings is 2. The van der Waals surface area contributed by atoms with Gasteiger partial charge in [-0.2, -0.15) is 0 Å². The first kappa shape index (κ1) is 12.5. The standard InChI is InChI=1S/C16H18O2/c1-12(2)17-15-6-4-5-7-16(15)18-14-10-8-13(3)9-11-14/h4-12H,1-3H3. The molecule has 2 heteroatoms. The predicted molar refractivity (Wildman–Crippen MR) is 73.5 cm³/mol. The third kappa shape index (κ3) is 3.27. The monoisotopic (exact) mass is 242 g/mol. The van der Waals surface area contributed by atoms with Crippen LogP contribution < -0.4 is 9.47 Å². The second-order valence-corrected chi connectivity index (χ2v) is 4.53. The first-order valence-corrected chi connectivity index (χ1v) is 6.15. The van der Waals surface area contributed by atoms with Crippen molar-refractivity contribution in [2.24, 2.45) is 0 Å². The van der Waals surface area contributed by atoms with Gasteiger partial charge in [-0.3, -0.25) is 0 Å². The average molecular weight is 242 g/mol. The van der Waals surface area contributed by atoms with Gasteiger partial charge in [0, 0.05) is 0 Å². The Balaban J connectivity index is 2.20. The molecule has 0 aliphatic carbocycles. The Morgan fingerprint density at radius 2 is 1.44 bits per heavy atom. The molecule has 0 heterocycles. The van der Waals surface area contributed by atoms with E-state index >= 15 is 0 Å². The van der Waals surface area contributed by atoms with Crippen molar-refractivity contribution in [1.82, 2.24) is 0 Å². The lowest BCUT2D eigenvalue weighted by atomic mass is 10.2. The van der Waals surface area contributed by atoms with Crippen LogP contribution >= 0.6 is 0 Å². The number of hydrogen-bond donors (Lipinski definition) is 0. The number of hydrogen-bond acceptors (Lipinski definition) is 2. The van der Waals surface area contributed by atoms with Crippen molar-refractivity contribution in [3.05, 3.63) is 54.1 Å². The molecule has 2 nitrogen and oxygen atoms in total. The Kier molecular flexibility index (Phi) is 3.88. The lowest BCUT2D eigenvalue weighted by Gasteiger charge is -2.14. The molecular weight excluding hydrogens is 224 g/mol. The summed E-state index contributed by atoms with van der Waals surface area (Å²) < 4.78 is 11.6. The van der Waals surface area contributed by atoms with Crippen molar-refractivity contribution in [2.75, 3.05) is 0 Å². The van der Waals surface area contributed by atoms with Gasteiger partial charge in [-0.25, -0.2) is 0 Å². The highest BCUT2D eigenvalue weighted by Crippen LogP contribution is 2.31. The van der Waals surface area contributed by atoms with Crippen molar-refractivity contribution >= 4 is 0 Å². The second kappa shape index (κ2) is 5.58. The van der Waals surface area contributed by atoms with Gasteiger partial charge in [0.2, 0.25) is 0 Å². The van der Waals surface area contributed by atoms with Crippen molar-refractivity contribution in [3.63, 3.8) is 0 Å². The normalized spacial score (nSPS) is 10.4. The molecule has 0 fully saturated rings. The van der Waals surface area contributed by atoms with Crippen LogP contribution in [0.15, 0.2) is 48.5 Å². The summed E-state index contributed by atoms with van der Waals surface area (Å²) in [5.74, 6) is 2.34.